The second kappa shape index (κ2) is 21.1. The van der Waals surface area contributed by atoms with Crippen LogP contribution in [-0.2, 0) is 21.1 Å². The summed E-state index contributed by atoms with van der Waals surface area (Å²) in [5.41, 5.74) is 20.6. The van der Waals surface area contributed by atoms with Gasteiger partial charge in [-0.2, -0.15) is 12.1 Å². The van der Waals surface area contributed by atoms with Crippen molar-refractivity contribution in [3.05, 3.63) is 304 Å². The largest absolute Gasteiger partial charge is 0.509 e. The van der Waals surface area contributed by atoms with Crippen molar-refractivity contribution in [3.8, 4) is 33.8 Å². The third-order valence-electron chi connectivity index (χ3n) is 15.3. The second-order valence-corrected chi connectivity index (χ2v) is 20.0. The van der Waals surface area contributed by atoms with Gasteiger partial charge in [0, 0.05) is 107 Å². The summed E-state index contributed by atoms with van der Waals surface area (Å²) in [5.74, 6) is 1.82. The van der Waals surface area contributed by atoms with Gasteiger partial charge < -0.3 is 29.2 Å². The van der Waals surface area contributed by atoms with Gasteiger partial charge in [-0.15, -0.1) is 48.8 Å². The van der Waals surface area contributed by atoms with Gasteiger partial charge in [0.05, 0.1) is 0 Å². The molecule has 0 unspecified atom stereocenters. The zero-order chi connectivity index (χ0) is 52.9. The molecule has 9 heteroatoms. The summed E-state index contributed by atoms with van der Waals surface area (Å²) in [7, 11) is 0. The molecular weight excluding hydrogens is 1170 g/mol. The summed E-state index contributed by atoms with van der Waals surface area (Å²) < 4.78 is 6.85. The first-order chi connectivity index (χ1) is 39.7. The monoisotopic (exact) mass is 1220 g/mol. The Hall–Kier alpha value is -9.88. The Balaban J connectivity index is 0.00000589. The van der Waals surface area contributed by atoms with Gasteiger partial charge in [0.2, 0.25) is 0 Å². The minimum absolute atomic E-state index is 0. The predicted octanol–water partition coefficient (Wildman–Crippen LogP) is 16.8. The third-order valence-corrected chi connectivity index (χ3v) is 15.3. The van der Waals surface area contributed by atoms with Crippen molar-refractivity contribution in [2.45, 2.75) is 0 Å². The molecular formula is C72H48BN6OPt-3. The number of fused-ring (bicyclic) bond motifs is 5. The Morgan fingerprint density at radius 1 is 0.420 bits per heavy atom. The Labute approximate surface area is 487 Å². The van der Waals surface area contributed by atoms with Crippen molar-refractivity contribution in [2.75, 3.05) is 24.5 Å². The van der Waals surface area contributed by atoms with Crippen molar-refractivity contribution in [2.24, 2.45) is 0 Å². The molecule has 0 aliphatic carbocycles. The Morgan fingerprint density at radius 3 is 1.47 bits per heavy atom. The molecule has 4 heterocycles. The van der Waals surface area contributed by atoms with Crippen molar-refractivity contribution in [1.29, 1.82) is 0 Å². The first-order valence-corrected chi connectivity index (χ1v) is 27.0. The normalized spacial score (nSPS) is 12.7. The minimum atomic E-state index is -0.0217. The van der Waals surface area contributed by atoms with Crippen LogP contribution in [0.5, 0.6) is 11.5 Å². The molecule has 11 aromatic carbocycles. The minimum Gasteiger partial charge on any atom is -0.509 e. The van der Waals surface area contributed by atoms with Crippen LogP contribution in [0.15, 0.2) is 285 Å². The van der Waals surface area contributed by atoms with Crippen LogP contribution in [0.2, 0.25) is 0 Å². The van der Waals surface area contributed by atoms with E-state index in [0.29, 0.717) is 11.5 Å². The van der Waals surface area contributed by atoms with E-state index in [-0.39, 0.29) is 27.8 Å². The van der Waals surface area contributed by atoms with Crippen LogP contribution in [0.3, 0.4) is 0 Å². The second-order valence-electron chi connectivity index (χ2n) is 20.0. The molecule has 0 amide bonds. The number of ether oxygens (including phenoxy) is 1. The number of rotatable bonds is 11. The van der Waals surface area contributed by atoms with E-state index in [0.717, 1.165) is 96.3 Å². The molecule has 12 aromatic rings. The zero-order valence-electron chi connectivity index (χ0n) is 43.7. The molecule has 0 radical (unpaired) electrons. The molecule has 1 aromatic heterocycles. The number of hydrogen-bond acceptors (Lipinski definition) is 7. The molecule has 0 spiro atoms. The average molecular weight is 1220 g/mol. The standard InChI is InChI=1S/C72H48BN6O.Pt/c1-5-24-51(25-6-1)60-36-23-37-61(52-26-7-2-8-27-52)72(60)76-50-75(66-42-17-18-43-67(66)76)55-32-21-34-58(46-55)80-59-35-22-33-56(47-59)77(70-44-19-20-45-74-70)57-48-68-71-69(49-57)79(54-30-11-4-12-31-54)65-41-16-14-39-63(65)73(71)62-38-13-15-40-64(62)78(68)53-28-9-3-10-29-53;/h1-45,48-50H;/q-3;. The van der Waals surface area contributed by atoms with E-state index in [9.17, 15) is 0 Å². The fraction of sp³-hybridized carbons (Fsp3) is 0. The van der Waals surface area contributed by atoms with Crippen LogP contribution >= 0.6 is 0 Å². The van der Waals surface area contributed by atoms with Crippen molar-refractivity contribution in [1.82, 2.24) is 4.98 Å². The summed E-state index contributed by atoms with van der Waals surface area (Å²) in [6, 6.07) is 106. The molecule has 15 rings (SSSR count). The number of hydrogen-bond donors (Lipinski definition) is 0. The molecule has 3 aliphatic heterocycles. The summed E-state index contributed by atoms with van der Waals surface area (Å²) >= 11 is 0. The van der Waals surface area contributed by atoms with Gasteiger partial charge in [-0.25, -0.2) is 4.98 Å². The van der Waals surface area contributed by atoms with Crippen molar-refractivity contribution >= 4 is 97.2 Å². The Morgan fingerprint density at radius 2 is 0.901 bits per heavy atom. The van der Waals surface area contributed by atoms with E-state index >= 15 is 0 Å². The molecule has 0 saturated heterocycles. The number of pyridine rings is 1. The van der Waals surface area contributed by atoms with Crippen LogP contribution in [-0.4, -0.2) is 11.7 Å². The molecule has 7 nitrogen and oxygen atoms in total. The number of nitrogens with zero attached hydrogens (tertiary/aromatic N) is 6. The number of anilines is 13. The molecule has 388 valence electrons. The topological polar surface area (TPSA) is 38.3 Å². The zero-order valence-corrected chi connectivity index (χ0v) is 46.0. The van der Waals surface area contributed by atoms with Crippen LogP contribution in [0.4, 0.5) is 74.1 Å². The fourth-order valence-corrected chi connectivity index (χ4v) is 12.0. The quantitative estimate of drug-likeness (QED) is 0.0944. The Kier molecular flexibility index (Phi) is 12.9. The Bertz CT molecular complexity index is 4080. The van der Waals surface area contributed by atoms with Crippen LogP contribution in [0.25, 0.3) is 22.3 Å². The van der Waals surface area contributed by atoms with Crippen LogP contribution in [0.1, 0.15) is 0 Å². The molecule has 0 fully saturated rings. The number of aromatic nitrogens is 1. The SMILES string of the molecule is [Pt].[c-]1c(Oc2[c-]c(N(c3cc4c5c(c3)N(c3ccccc3)c3ccccc3B5c3ccccc3N4c3ccccc3)c3ccccn3)ccc2)cccc1N1[CH-]N(c2c(-c3ccccc3)cccc2-c2ccccc2)c2ccccc21. The van der Waals surface area contributed by atoms with E-state index in [1.807, 2.05) is 42.6 Å². The van der Waals surface area contributed by atoms with E-state index in [1.54, 1.807) is 0 Å². The fourth-order valence-electron chi connectivity index (χ4n) is 12.0. The smallest absolute Gasteiger partial charge is 0.252 e. The molecule has 3 aliphatic rings. The summed E-state index contributed by atoms with van der Waals surface area (Å²) in [5, 5.41) is 0. The van der Waals surface area contributed by atoms with Gasteiger partial charge in [-0.3, -0.25) is 0 Å². The molecule has 0 atom stereocenters. The molecule has 0 N–H and O–H groups in total. The van der Waals surface area contributed by atoms with E-state index < -0.39 is 0 Å². The maximum absolute atomic E-state index is 6.85. The summed E-state index contributed by atoms with van der Waals surface area (Å²) in [6.07, 6.45) is 1.85. The van der Waals surface area contributed by atoms with Gasteiger partial charge >= 0.3 is 0 Å². The molecule has 0 saturated carbocycles. The average Bonchev–Trinajstić information content (AvgIpc) is 4.06. The van der Waals surface area contributed by atoms with Crippen molar-refractivity contribution in [3.63, 3.8) is 0 Å². The van der Waals surface area contributed by atoms with Gasteiger partial charge in [0.25, 0.3) is 6.71 Å². The number of para-hydroxylation sites is 7. The molecule has 81 heavy (non-hydrogen) atoms. The third kappa shape index (κ3) is 8.73. The first kappa shape index (κ1) is 49.4. The number of benzene rings is 11. The maximum Gasteiger partial charge on any atom is 0.252 e. The van der Waals surface area contributed by atoms with Gasteiger partial charge in [-0.1, -0.05) is 176 Å². The van der Waals surface area contributed by atoms with Crippen LogP contribution < -0.4 is 45.6 Å². The maximum atomic E-state index is 6.85. The summed E-state index contributed by atoms with van der Waals surface area (Å²) in [6.45, 7) is 2.15. The van der Waals surface area contributed by atoms with Gasteiger partial charge in [0.15, 0.2) is 0 Å². The molecule has 0 bridgehead atoms. The van der Waals surface area contributed by atoms with E-state index in [4.69, 9.17) is 9.72 Å². The predicted molar refractivity (Wildman–Crippen MR) is 329 cm³/mol. The van der Waals surface area contributed by atoms with Crippen molar-refractivity contribution < 1.29 is 25.8 Å². The van der Waals surface area contributed by atoms with Gasteiger partial charge in [0.1, 0.15) is 5.82 Å². The van der Waals surface area contributed by atoms with Gasteiger partial charge in [-0.05, 0) is 100 Å². The first-order valence-electron chi connectivity index (χ1n) is 27.0. The van der Waals surface area contributed by atoms with Crippen LogP contribution in [0, 0.1) is 18.8 Å². The van der Waals surface area contributed by atoms with E-state index in [2.05, 4.69) is 286 Å². The summed E-state index contributed by atoms with van der Waals surface area (Å²) in [4.78, 5) is 16.6. The van der Waals surface area contributed by atoms with E-state index in [1.165, 1.54) is 16.4 Å².